The van der Waals surface area contributed by atoms with E-state index >= 15 is 0 Å². The van der Waals surface area contributed by atoms with Gasteiger partial charge in [-0.3, -0.25) is 4.99 Å². The molecule has 1 aliphatic rings. The van der Waals surface area contributed by atoms with Crippen molar-refractivity contribution in [2.75, 3.05) is 40.0 Å². The van der Waals surface area contributed by atoms with Crippen molar-refractivity contribution in [1.82, 2.24) is 10.6 Å². The minimum absolute atomic E-state index is 0.0449. The Labute approximate surface area is 152 Å². The van der Waals surface area contributed by atoms with Gasteiger partial charge in [-0.15, -0.1) is 0 Å². The smallest absolute Gasteiger partial charge is 0.191 e. The van der Waals surface area contributed by atoms with Crippen LogP contribution >= 0.6 is 0 Å². The van der Waals surface area contributed by atoms with Crippen LogP contribution in [-0.2, 0) is 14.9 Å². The van der Waals surface area contributed by atoms with Gasteiger partial charge in [-0.25, -0.2) is 0 Å². The van der Waals surface area contributed by atoms with E-state index in [1.54, 1.807) is 7.05 Å². The molecule has 1 aromatic rings. The summed E-state index contributed by atoms with van der Waals surface area (Å²) in [4.78, 5) is 4.30. The van der Waals surface area contributed by atoms with Crippen molar-refractivity contribution in [2.45, 2.75) is 44.6 Å². The highest BCUT2D eigenvalue weighted by Gasteiger charge is 2.20. The summed E-state index contributed by atoms with van der Waals surface area (Å²) in [5.74, 6) is 0.836. The van der Waals surface area contributed by atoms with E-state index in [-0.39, 0.29) is 5.41 Å². The number of benzene rings is 1. The van der Waals surface area contributed by atoms with E-state index in [0.717, 1.165) is 58.1 Å². The van der Waals surface area contributed by atoms with Crippen molar-refractivity contribution in [3.05, 3.63) is 35.9 Å². The van der Waals surface area contributed by atoms with Crippen molar-refractivity contribution >= 4 is 5.96 Å². The molecule has 1 aromatic carbocycles. The van der Waals surface area contributed by atoms with Gasteiger partial charge >= 0.3 is 0 Å². The molecular weight excluding hydrogens is 314 g/mol. The molecule has 0 radical (unpaired) electrons. The summed E-state index contributed by atoms with van der Waals surface area (Å²) in [6.45, 7) is 8.50. The Morgan fingerprint density at radius 3 is 2.76 bits per heavy atom. The molecule has 1 fully saturated rings. The van der Waals surface area contributed by atoms with Gasteiger partial charge in [0, 0.05) is 38.8 Å². The zero-order valence-electron chi connectivity index (χ0n) is 15.9. The monoisotopic (exact) mass is 347 g/mol. The fourth-order valence-electron chi connectivity index (χ4n) is 2.89. The highest BCUT2D eigenvalue weighted by Crippen LogP contribution is 2.21. The van der Waals surface area contributed by atoms with Crippen LogP contribution in [0, 0.1) is 0 Å². The normalized spacial score (nSPS) is 18.4. The van der Waals surface area contributed by atoms with E-state index in [4.69, 9.17) is 9.47 Å². The van der Waals surface area contributed by atoms with Gasteiger partial charge in [0.05, 0.1) is 12.7 Å². The van der Waals surface area contributed by atoms with Crippen molar-refractivity contribution in [3.63, 3.8) is 0 Å². The molecule has 5 heteroatoms. The topological polar surface area (TPSA) is 54.9 Å². The van der Waals surface area contributed by atoms with E-state index in [0.29, 0.717) is 6.10 Å². The Kier molecular flexibility index (Phi) is 8.22. The molecule has 25 heavy (non-hydrogen) atoms. The SMILES string of the molecule is CN=C(NCCCOCC1CCCO1)NCC(C)(C)c1ccccc1. The van der Waals surface area contributed by atoms with Gasteiger partial charge in [-0.1, -0.05) is 44.2 Å². The molecule has 0 aliphatic carbocycles. The van der Waals surface area contributed by atoms with Gasteiger partial charge in [0.1, 0.15) is 0 Å². The molecule has 0 aromatic heterocycles. The molecule has 140 valence electrons. The lowest BCUT2D eigenvalue weighted by Gasteiger charge is -2.26. The Balaban J connectivity index is 1.60. The van der Waals surface area contributed by atoms with Gasteiger partial charge in [0.25, 0.3) is 0 Å². The second-order valence-electron chi connectivity index (χ2n) is 7.17. The van der Waals surface area contributed by atoms with Crippen LogP contribution < -0.4 is 10.6 Å². The molecule has 1 heterocycles. The Bertz CT molecular complexity index is 511. The van der Waals surface area contributed by atoms with Crippen LogP contribution in [0.2, 0.25) is 0 Å². The highest BCUT2D eigenvalue weighted by atomic mass is 16.5. The summed E-state index contributed by atoms with van der Waals surface area (Å²) in [7, 11) is 1.80. The van der Waals surface area contributed by atoms with Crippen LogP contribution in [0.3, 0.4) is 0 Å². The molecule has 1 aliphatic heterocycles. The minimum Gasteiger partial charge on any atom is -0.379 e. The average molecular weight is 348 g/mol. The molecule has 0 spiro atoms. The number of nitrogens with zero attached hydrogens (tertiary/aromatic N) is 1. The van der Waals surface area contributed by atoms with Crippen LogP contribution in [0.5, 0.6) is 0 Å². The van der Waals surface area contributed by atoms with Crippen molar-refractivity contribution in [3.8, 4) is 0 Å². The summed E-state index contributed by atoms with van der Waals surface area (Å²) in [6.07, 6.45) is 3.56. The third kappa shape index (κ3) is 7.04. The second-order valence-corrected chi connectivity index (χ2v) is 7.17. The lowest BCUT2D eigenvalue weighted by atomic mass is 9.85. The first kappa shape index (κ1) is 19.7. The second kappa shape index (κ2) is 10.4. The maximum absolute atomic E-state index is 5.68. The Hall–Kier alpha value is -1.59. The quantitative estimate of drug-likeness (QED) is 0.410. The number of hydrogen-bond donors (Lipinski definition) is 2. The predicted molar refractivity (Wildman–Crippen MR) is 103 cm³/mol. The zero-order valence-corrected chi connectivity index (χ0v) is 15.9. The molecule has 5 nitrogen and oxygen atoms in total. The summed E-state index contributed by atoms with van der Waals surface area (Å²) >= 11 is 0. The minimum atomic E-state index is 0.0449. The first-order valence-corrected chi connectivity index (χ1v) is 9.31. The van der Waals surface area contributed by atoms with E-state index in [1.165, 1.54) is 5.56 Å². The van der Waals surface area contributed by atoms with Crippen molar-refractivity contribution in [2.24, 2.45) is 4.99 Å². The van der Waals surface area contributed by atoms with Gasteiger partial charge in [-0.2, -0.15) is 0 Å². The van der Waals surface area contributed by atoms with Gasteiger partial charge in [0.2, 0.25) is 0 Å². The Morgan fingerprint density at radius 1 is 1.28 bits per heavy atom. The largest absolute Gasteiger partial charge is 0.379 e. The lowest BCUT2D eigenvalue weighted by molar-refractivity contribution is 0.0168. The third-order valence-electron chi connectivity index (χ3n) is 4.56. The van der Waals surface area contributed by atoms with Crippen LogP contribution in [0.25, 0.3) is 0 Å². The first-order valence-electron chi connectivity index (χ1n) is 9.31. The van der Waals surface area contributed by atoms with Gasteiger partial charge in [-0.05, 0) is 24.8 Å². The van der Waals surface area contributed by atoms with E-state index in [1.807, 2.05) is 0 Å². The maximum atomic E-state index is 5.68. The number of rotatable bonds is 9. The highest BCUT2D eigenvalue weighted by molar-refractivity contribution is 5.79. The van der Waals surface area contributed by atoms with E-state index in [9.17, 15) is 0 Å². The zero-order chi connectivity index (χ0) is 18.0. The molecule has 0 bridgehead atoms. The lowest BCUT2D eigenvalue weighted by Crippen LogP contribution is -2.43. The summed E-state index contributed by atoms with van der Waals surface area (Å²) in [5, 5.41) is 6.77. The van der Waals surface area contributed by atoms with Crippen LogP contribution in [0.15, 0.2) is 35.3 Å². The van der Waals surface area contributed by atoms with Crippen LogP contribution in [0.1, 0.15) is 38.7 Å². The van der Waals surface area contributed by atoms with E-state index < -0.39 is 0 Å². The Morgan fingerprint density at radius 2 is 2.08 bits per heavy atom. The van der Waals surface area contributed by atoms with Gasteiger partial charge in [0.15, 0.2) is 5.96 Å². The predicted octanol–water partition coefficient (Wildman–Crippen LogP) is 2.71. The first-order chi connectivity index (χ1) is 12.1. The summed E-state index contributed by atoms with van der Waals surface area (Å²) in [6, 6.07) is 10.6. The molecular formula is C20H33N3O2. The fourth-order valence-corrected chi connectivity index (χ4v) is 2.89. The molecule has 1 saturated heterocycles. The standard InChI is InChI=1S/C20H33N3O2/c1-20(2,17-9-5-4-6-10-17)16-23-19(21-3)22-12-8-13-24-15-18-11-7-14-25-18/h4-6,9-10,18H,7-8,11-16H2,1-3H3,(H2,21,22,23). The molecule has 2 N–H and O–H groups in total. The van der Waals surface area contributed by atoms with Crippen molar-refractivity contribution in [1.29, 1.82) is 0 Å². The number of nitrogens with one attached hydrogen (secondary N) is 2. The van der Waals surface area contributed by atoms with Gasteiger partial charge < -0.3 is 20.1 Å². The summed E-state index contributed by atoms with van der Waals surface area (Å²) in [5.41, 5.74) is 1.36. The molecule has 1 unspecified atom stereocenters. The van der Waals surface area contributed by atoms with Crippen LogP contribution in [-0.4, -0.2) is 52.0 Å². The fraction of sp³-hybridized carbons (Fsp3) is 0.650. The number of ether oxygens (including phenoxy) is 2. The maximum Gasteiger partial charge on any atom is 0.191 e. The van der Waals surface area contributed by atoms with Crippen LogP contribution in [0.4, 0.5) is 0 Å². The average Bonchev–Trinajstić information content (AvgIpc) is 3.14. The molecule has 1 atom stereocenters. The number of guanidine groups is 1. The molecule has 0 saturated carbocycles. The number of aliphatic imine (C=N–C) groups is 1. The van der Waals surface area contributed by atoms with E-state index in [2.05, 4.69) is 59.8 Å². The van der Waals surface area contributed by atoms with Crippen molar-refractivity contribution < 1.29 is 9.47 Å². The molecule has 2 rings (SSSR count). The molecule has 0 amide bonds. The third-order valence-corrected chi connectivity index (χ3v) is 4.56. The number of hydrogen-bond acceptors (Lipinski definition) is 3. The summed E-state index contributed by atoms with van der Waals surface area (Å²) < 4.78 is 11.2.